The molecule has 1 aliphatic carbocycles. The number of rotatable bonds is 2. The second-order valence-electron chi connectivity index (χ2n) is 3.64. The number of nitrogens with two attached hydrogens (primary N) is 1. The van der Waals surface area contributed by atoms with Crippen molar-refractivity contribution in [2.75, 3.05) is 14.2 Å². The molecule has 1 atom stereocenters. The molecule has 3 nitrogen and oxygen atoms in total. The van der Waals surface area contributed by atoms with Crippen molar-refractivity contribution in [3.63, 3.8) is 0 Å². The molecule has 0 radical (unpaired) electrons. The van der Waals surface area contributed by atoms with E-state index in [1.807, 2.05) is 12.1 Å². The van der Waals surface area contributed by atoms with Gasteiger partial charge < -0.3 is 15.2 Å². The molecule has 2 rings (SSSR count). The molecule has 15 heavy (non-hydrogen) atoms. The van der Waals surface area contributed by atoms with E-state index in [4.69, 9.17) is 15.2 Å². The van der Waals surface area contributed by atoms with Crippen molar-refractivity contribution in [1.29, 1.82) is 0 Å². The predicted octanol–water partition coefficient (Wildman–Crippen LogP) is 1.55. The molecule has 0 spiro atoms. The Morgan fingerprint density at radius 2 is 1.93 bits per heavy atom. The van der Waals surface area contributed by atoms with Crippen LogP contribution in [0, 0.1) is 0 Å². The maximum absolute atomic E-state index is 5.90. The van der Waals surface area contributed by atoms with Crippen LogP contribution in [0.1, 0.15) is 11.1 Å². The Morgan fingerprint density at radius 3 is 2.53 bits per heavy atom. The van der Waals surface area contributed by atoms with Crippen molar-refractivity contribution < 1.29 is 9.47 Å². The SMILES string of the molecule is COc1cc2c(c(OC)c1)CC(N)C2.Cl. The summed E-state index contributed by atoms with van der Waals surface area (Å²) in [6.45, 7) is 0. The minimum Gasteiger partial charge on any atom is -0.497 e. The minimum atomic E-state index is 0. The Hall–Kier alpha value is -0.930. The molecule has 0 amide bonds. The molecule has 1 aliphatic rings. The first kappa shape index (κ1) is 12.1. The fraction of sp³-hybridized carbons (Fsp3) is 0.455. The molecular weight excluding hydrogens is 214 g/mol. The molecule has 4 heteroatoms. The molecule has 0 saturated heterocycles. The Balaban J connectivity index is 0.00000112. The average molecular weight is 230 g/mol. The highest BCUT2D eigenvalue weighted by molar-refractivity contribution is 5.85. The average Bonchev–Trinajstić information content (AvgIpc) is 2.56. The lowest BCUT2D eigenvalue weighted by Crippen LogP contribution is -2.19. The summed E-state index contributed by atoms with van der Waals surface area (Å²) in [5.41, 5.74) is 8.40. The molecule has 0 bridgehead atoms. The summed E-state index contributed by atoms with van der Waals surface area (Å²) in [6.07, 6.45) is 1.82. The quantitative estimate of drug-likeness (QED) is 0.837. The summed E-state index contributed by atoms with van der Waals surface area (Å²) in [4.78, 5) is 0. The first-order valence-corrected chi connectivity index (χ1v) is 4.74. The fourth-order valence-corrected chi connectivity index (χ4v) is 2.01. The largest absolute Gasteiger partial charge is 0.497 e. The van der Waals surface area contributed by atoms with E-state index in [1.54, 1.807) is 14.2 Å². The summed E-state index contributed by atoms with van der Waals surface area (Å²) in [5, 5.41) is 0. The van der Waals surface area contributed by atoms with E-state index in [0.29, 0.717) is 0 Å². The van der Waals surface area contributed by atoms with Gasteiger partial charge in [0.15, 0.2) is 0 Å². The second kappa shape index (κ2) is 4.73. The lowest BCUT2D eigenvalue weighted by Gasteiger charge is -2.09. The number of benzene rings is 1. The molecule has 84 valence electrons. The third-order valence-electron chi connectivity index (χ3n) is 2.68. The van der Waals surface area contributed by atoms with E-state index < -0.39 is 0 Å². The van der Waals surface area contributed by atoms with Crippen LogP contribution in [0.2, 0.25) is 0 Å². The number of hydrogen-bond donors (Lipinski definition) is 1. The van der Waals surface area contributed by atoms with Gasteiger partial charge in [0.25, 0.3) is 0 Å². The van der Waals surface area contributed by atoms with Crippen molar-refractivity contribution >= 4 is 12.4 Å². The van der Waals surface area contributed by atoms with Gasteiger partial charge in [-0.25, -0.2) is 0 Å². The Kier molecular flexibility index (Phi) is 3.83. The van der Waals surface area contributed by atoms with E-state index in [1.165, 1.54) is 11.1 Å². The van der Waals surface area contributed by atoms with Gasteiger partial charge in [-0.1, -0.05) is 0 Å². The van der Waals surface area contributed by atoms with Crippen molar-refractivity contribution in [2.24, 2.45) is 5.73 Å². The summed E-state index contributed by atoms with van der Waals surface area (Å²) in [6, 6.07) is 4.19. The van der Waals surface area contributed by atoms with Crippen LogP contribution in [0.3, 0.4) is 0 Å². The molecular formula is C11H16ClNO2. The van der Waals surface area contributed by atoms with Gasteiger partial charge in [-0.05, 0) is 30.0 Å². The monoisotopic (exact) mass is 229 g/mol. The summed E-state index contributed by atoms with van der Waals surface area (Å²) in [7, 11) is 3.34. The van der Waals surface area contributed by atoms with Crippen molar-refractivity contribution in [2.45, 2.75) is 18.9 Å². The van der Waals surface area contributed by atoms with Crippen LogP contribution >= 0.6 is 12.4 Å². The molecule has 1 aromatic carbocycles. The lowest BCUT2D eigenvalue weighted by atomic mass is 10.1. The standard InChI is InChI=1S/C11H15NO2.ClH/c1-13-9-4-7-3-8(12)5-10(7)11(6-9)14-2;/h4,6,8H,3,5,12H2,1-2H3;1H. The van der Waals surface area contributed by atoms with Gasteiger partial charge in [0.05, 0.1) is 14.2 Å². The van der Waals surface area contributed by atoms with E-state index in [-0.39, 0.29) is 18.4 Å². The number of hydrogen-bond acceptors (Lipinski definition) is 3. The van der Waals surface area contributed by atoms with Crippen LogP contribution in [0.15, 0.2) is 12.1 Å². The second-order valence-corrected chi connectivity index (χ2v) is 3.64. The zero-order valence-electron chi connectivity index (χ0n) is 8.95. The van der Waals surface area contributed by atoms with Crippen LogP contribution in [0.5, 0.6) is 11.5 Å². The molecule has 0 aliphatic heterocycles. The summed E-state index contributed by atoms with van der Waals surface area (Å²) >= 11 is 0. The number of methoxy groups -OCH3 is 2. The molecule has 0 saturated carbocycles. The van der Waals surface area contributed by atoms with Crippen molar-refractivity contribution in [1.82, 2.24) is 0 Å². The summed E-state index contributed by atoms with van der Waals surface area (Å²) in [5.74, 6) is 1.74. The van der Waals surface area contributed by atoms with Crippen LogP contribution in [0.4, 0.5) is 0 Å². The Bertz CT molecular complexity index is 355. The molecule has 1 unspecified atom stereocenters. The van der Waals surface area contributed by atoms with Gasteiger partial charge in [-0.3, -0.25) is 0 Å². The number of ether oxygens (including phenoxy) is 2. The Morgan fingerprint density at radius 1 is 1.20 bits per heavy atom. The third kappa shape index (κ3) is 2.19. The van der Waals surface area contributed by atoms with Crippen molar-refractivity contribution in [3.8, 4) is 11.5 Å². The first-order chi connectivity index (χ1) is 6.74. The first-order valence-electron chi connectivity index (χ1n) is 4.74. The zero-order valence-corrected chi connectivity index (χ0v) is 9.76. The Labute approximate surface area is 96.0 Å². The topological polar surface area (TPSA) is 44.5 Å². The van der Waals surface area contributed by atoms with E-state index >= 15 is 0 Å². The lowest BCUT2D eigenvalue weighted by molar-refractivity contribution is 0.391. The molecule has 2 N–H and O–H groups in total. The highest BCUT2D eigenvalue weighted by Gasteiger charge is 2.22. The van der Waals surface area contributed by atoms with Crippen LogP contribution in [0.25, 0.3) is 0 Å². The van der Waals surface area contributed by atoms with Gasteiger partial charge in [0.2, 0.25) is 0 Å². The normalized spacial score (nSPS) is 17.9. The highest BCUT2D eigenvalue weighted by atomic mass is 35.5. The maximum Gasteiger partial charge on any atom is 0.126 e. The van der Waals surface area contributed by atoms with E-state index in [0.717, 1.165) is 24.3 Å². The van der Waals surface area contributed by atoms with Gasteiger partial charge in [0, 0.05) is 12.1 Å². The van der Waals surface area contributed by atoms with E-state index in [2.05, 4.69) is 0 Å². The zero-order chi connectivity index (χ0) is 10.1. The van der Waals surface area contributed by atoms with Crippen LogP contribution < -0.4 is 15.2 Å². The molecule has 1 aromatic rings. The third-order valence-corrected chi connectivity index (χ3v) is 2.68. The van der Waals surface area contributed by atoms with Crippen LogP contribution in [-0.2, 0) is 12.8 Å². The molecule has 0 aromatic heterocycles. The predicted molar refractivity (Wildman–Crippen MR) is 62.2 cm³/mol. The van der Waals surface area contributed by atoms with E-state index in [9.17, 15) is 0 Å². The number of fused-ring (bicyclic) bond motifs is 1. The summed E-state index contributed by atoms with van der Waals surface area (Å²) < 4.78 is 10.5. The molecule has 0 fully saturated rings. The fourth-order valence-electron chi connectivity index (χ4n) is 2.01. The van der Waals surface area contributed by atoms with Gasteiger partial charge in [-0.15, -0.1) is 12.4 Å². The highest BCUT2D eigenvalue weighted by Crippen LogP contribution is 2.34. The minimum absolute atomic E-state index is 0. The van der Waals surface area contributed by atoms with Gasteiger partial charge in [0.1, 0.15) is 11.5 Å². The van der Waals surface area contributed by atoms with Gasteiger partial charge >= 0.3 is 0 Å². The van der Waals surface area contributed by atoms with Crippen LogP contribution in [-0.4, -0.2) is 20.3 Å². The van der Waals surface area contributed by atoms with Gasteiger partial charge in [-0.2, -0.15) is 0 Å². The van der Waals surface area contributed by atoms with Crippen molar-refractivity contribution in [3.05, 3.63) is 23.3 Å². The maximum atomic E-state index is 5.90. The number of halogens is 1. The smallest absolute Gasteiger partial charge is 0.126 e. The molecule has 0 heterocycles.